The van der Waals surface area contributed by atoms with Gasteiger partial charge in [-0.2, -0.15) is 0 Å². The van der Waals surface area contributed by atoms with Crippen molar-refractivity contribution in [3.05, 3.63) is 102 Å². The molecule has 2 nitrogen and oxygen atoms in total. The molecule has 0 spiro atoms. The molecule has 1 aliphatic carbocycles. The van der Waals surface area contributed by atoms with Crippen LogP contribution < -0.4 is 10.1 Å². The molecular weight excluding hydrogens is 409 g/mol. The molecule has 1 saturated carbocycles. The Kier molecular flexibility index (Phi) is 6.09. The second-order valence-corrected chi connectivity index (χ2v) is 8.64. The number of fused-ring (bicyclic) bond motifs is 1. The molecule has 0 unspecified atom stereocenters. The third-order valence-electron chi connectivity index (χ3n) is 7.45. The number of methoxy groups -OCH3 is 1. The highest BCUT2D eigenvalue weighted by atomic mass is 35.5. The number of benzene rings is 3. The van der Waals surface area contributed by atoms with Gasteiger partial charge in [-0.3, -0.25) is 0 Å². The van der Waals surface area contributed by atoms with Gasteiger partial charge in [-0.1, -0.05) is 78.9 Å². The summed E-state index contributed by atoms with van der Waals surface area (Å²) in [5.74, 6) is 0.687. The summed E-state index contributed by atoms with van der Waals surface area (Å²) in [5.41, 5.74) is 1.66. The molecule has 2 aliphatic rings. The fourth-order valence-electron chi connectivity index (χ4n) is 6.10. The Balaban J connectivity index is 0.00000231. The number of rotatable bonds is 4. The van der Waals surface area contributed by atoms with E-state index in [1.807, 2.05) is 24.3 Å². The van der Waals surface area contributed by atoms with E-state index in [9.17, 15) is 0 Å². The molecule has 3 aromatic rings. The van der Waals surface area contributed by atoms with Gasteiger partial charge >= 0.3 is 0 Å². The molecule has 3 atom stereocenters. The minimum absolute atomic E-state index is 0. The van der Waals surface area contributed by atoms with Crippen molar-refractivity contribution in [1.82, 2.24) is 5.32 Å². The fraction of sp³-hybridized carbons (Fsp3) is 0.333. The van der Waals surface area contributed by atoms with E-state index in [1.165, 1.54) is 11.1 Å². The quantitative estimate of drug-likeness (QED) is 0.548. The van der Waals surface area contributed by atoms with E-state index in [0.29, 0.717) is 24.3 Å². The smallest absolute Gasteiger partial charge is 0.144 e. The van der Waals surface area contributed by atoms with E-state index in [4.69, 9.17) is 4.74 Å². The number of hydrogen-bond donors (Lipinski definition) is 1. The molecule has 31 heavy (non-hydrogen) atoms. The number of nitrogens with one attached hydrogen (secondary N) is 1. The number of para-hydroxylation sites is 1. The van der Waals surface area contributed by atoms with Crippen LogP contribution in [-0.2, 0) is 11.1 Å². The van der Waals surface area contributed by atoms with Crippen LogP contribution in [0.1, 0.15) is 29.5 Å². The van der Waals surface area contributed by atoms with Gasteiger partial charge < -0.3 is 10.1 Å². The maximum absolute atomic E-state index is 17.0. The highest BCUT2D eigenvalue weighted by Crippen LogP contribution is 2.60. The summed E-state index contributed by atoms with van der Waals surface area (Å²) in [6.45, 7) is 1.50. The van der Waals surface area contributed by atoms with Crippen LogP contribution in [0, 0.1) is 11.8 Å². The van der Waals surface area contributed by atoms with Gasteiger partial charge in [0.1, 0.15) is 11.4 Å². The zero-order valence-corrected chi connectivity index (χ0v) is 18.6. The Bertz CT molecular complexity index is 973. The second-order valence-electron chi connectivity index (χ2n) is 8.64. The van der Waals surface area contributed by atoms with Gasteiger partial charge in [-0.15, -0.1) is 12.4 Å². The van der Waals surface area contributed by atoms with Crippen LogP contribution in [-0.4, -0.2) is 20.2 Å². The molecule has 1 aliphatic heterocycles. The van der Waals surface area contributed by atoms with Crippen LogP contribution >= 0.6 is 12.4 Å². The molecule has 2 fully saturated rings. The molecule has 0 bridgehead atoms. The van der Waals surface area contributed by atoms with Crippen molar-refractivity contribution >= 4 is 12.4 Å². The number of hydrogen-bond acceptors (Lipinski definition) is 2. The van der Waals surface area contributed by atoms with E-state index in [2.05, 4.69) is 66.0 Å². The van der Waals surface area contributed by atoms with Crippen molar-refractivity contribution in [2.24, 2.45) is 11.8 Å². The zero-order chi connectivity index (χ0) is 20.6. The van der Waals surface area contributed by atoms with E-state index < -0.39 is 5.67 Å². The Morgan fingerprint density at radius 2 is 1.32 bits per heavy atom. The molecule has 4 heteroatoms. The zero-order valence-electron chi connectivity index (χ0n) is 17.8. The predicted molar refractivity (Wildman–Crippen MR) is 126 cm³/mol. The van der Waals surface area contributed by atoms with Crippen molar-refractivity contribution in [2.45, 2.75) is 23.9 Å². The van der Waals surface area contributed by atoms with Crippen molar-refractivity contribution in [2.75, 3.05) is 20.2 Å². The Morgan fingerprint density at radius 1 is 0.774 bits per heavy atom. The molecule has 162 valence electrons. The molecule has 0 aromatic heterocycles. The summed E-state index contributed by atoms with van der Waals surface area (Å²) in [5, 5.41) is 3.54. The van der Waals surface area contributed by atoms with E-state index in [-0.39, 0.29) is 29.7 Å². The minimum atomic E-state index is -1.41. The van der Waals surface area contributed by atoms with E-state index in [0.717, 1.165) is 13.0 Å². The van der Waals surface area contributed by atoms with Gasteiger partial charge in [0.2, 0.25) is 0 Å². The highest BCUT2D eigenvalue weighted by Gasteiger charge is 2.60. The molecule has 0 amide bonds. The van der Waals surface area contributed by atoms with Crippen LogP contribution in [0.3, 0.4) is 0 Å². The van der Waals surface area contributed by atoms with Crippen LogP contribution in [0.25, 0.3) is 0 Å². The molecule has 1 heterocycles. The summed E-state index contributed by atoms with van der Waals surface area (Å²) in [6.07, 6.45) is 1.23. The number of alkyl halides is 1. The molecule has 0 radical (unpaired) electrons. The van der Waals surface area contributed by atoms with Gasteiger partial charge in [0.15, 0.2) is 0 Å². The summed E-state index contributed by atoms with van der Waals surface area (Å²) in [7, 11) is 1.63. The standard InChI is InChI=1S/C27H28FNO.ClH/c1-30-25-15-9-8-14-22(25)27(28)17-16-26(20-10-4-2-5-11-20,21-12-6-3-7-13-21)23-18-29-19-24(23)27;/h2-15,23-24,29H,16-19H2,1H3;1H/t23-,24+,27+;/m0./s1. The summed E-state index contributed by atoms with van der Waals surface area (Å²) < 4.78 is 22.5. The van der Waals surface area contributed by atoms with Crippen LogP contribution in [0.15, 0.2) is 84.9 Å². The lowest BCUT2D eigenvalue weighted by atomic mass is 9.52. The van der Waals surface area contributed by atoms with Gasteiger partial charge in [0, 0.05) is 23.4 Å². The predicted octanol–water partition coefficient (Wildman–Crippen LogP) is 5.90. The van der Waals surface area contributed by atoms with Gasteiger partial charge in [-0.05, 0) is 42.5 Å². The first-order chi connectivity index (χ1) is 14.7. The summed E-state index contributed by atoms with van der Waals surface area (Å²) in [4.78, 5) is 0. The average Bonchev–Trinajstić information content (AvgIpc) is 3.33. The van der Waals surface area contributed by atoms with Gasteiger partial charge in [-0.25, -0.2) is 4.39 Å². The first kappa shape index (κ1) is 21.9. The lowest BCUT2D eigenvalue weighted by molar-refractivity contribution is -0.0137. The number of halogens is 2. The van der Waals surface area contributed by atoms with E-state index >= 15 is 4.39 Å². The van der Waals surface area contributed by atoms with E-state index in [1.54, 1.807) is 7.11 Å². The minimum Gasteiger partial charge on any atom is -0.496 e. The van der Waals surface area contributed by atoms with Crippen LogP contribution in [0.2, 0.25) is 0 Å². The first-order valence-electron chi connectivity index (χ1n) is 10.8. The SMILES string of the molecule is COc1ccccc1[C@]1(F)CCC(c2ccccc2)(c2ccccc2)[C@H]2CNC[C@H]21.Cl. The topological polar surface area (TPSA) is 21.3 Å². The van der Waals surface area contributed by atoms with Crippen molar-refractivity contribution in [1.29, 1.82) is 0 Å². The normalized spacial score (nSPS) is 26.5. The first-order valence-corrected chi connectivity index (χ1v) is 10.8. The molecule has 1 N–H and O–H groups in total. The Morgan fingerprint density at radius 3 is 1.94 bits per heavy atom. The maximum Gasteiger partial charge on any atom is 0.144 e. The second kappa shape index (κ2) is 8.64. The highest BCUT2D eigenvalue weighted by molar-refractivity contribution is 5.85. The average molecular weight is 438 g/mol. The lowest BCUT2D eigenvalue weighted by Gasteiger charge is -2.52. The molecule has 1 saturated heterocycles. The Labute approximate surface area is 190 Å². The maximum atomic E-state index is 17.0. The Hall–Kier alpha value is -2.36. The number of ether oxygens (including phenoxy) is 1. The van der Waals surface area contributed by atoms with Crippen molar-refractivity contribution in [3.8, 4) is 5.75 Å². The van der Waals surface area contributed by atoms with Crippen LogP contribution in [0.5, 0.6) is 5.75 Å². The monoisotopic (exact) mass is 437 g/mol. The molecule has 3 aromatic carbocycles. The van der Waals surface area contributed by atoms with Gasteiger partial charge in [0.25, 0.3) is 0 Å². The molecular formula is C27H29ClFNO. The lowest BCUT2D eigenvalue weighted by Crippen LogP contribution is -2.52. The largest absolute Gasteiger partial charge is 0.496 e. The third kappa shape index (κ3) is 3.35. The van der Waals surface area contributed by atoms with Gasteiger partial charge in [0.05, 0.1) is 7.11 Å². The third-order valence-corrected chi connectivity index (χ3v) is 7.45. The molecule has 5 rings (SSSR count). The van der Waals surface area contributed by atoms with Crippen LogP contribution in [0.4, 0.5) is 4.39 Å². The van der Waals surface area contributed by atoms with Crippen molar-refractivity contribution in [3.63, 3.8) is 0 Å². The summed E-state index contributed by atoms with van der Waals surface area (Å²) >= 11 is 0. The summed E-state index contributed by atoms with van der Waals surface area (Å²) in [6, 6.07) is 29.0. The fourth-order valence-corrected chi connectivity index (χ4v) is 6.10. The van der Waals surface area contributed by atoms with Crippen molar-refractivity contribution < 1.29 is 9.13 Å².